The van der Waals surface area contributed by atoms with Crippen LogP contribution in [0.15, 0.2) is 42.5 Å². The highest BCUT2D eigenvalue weighted by atomic mass is 32.1. The Kier molecular flexibility index (Phi) is 3.13. The summed E-state index contributed by atoms with van der Waals surface area (Å²) in [4.78, 5) is 3.22. The highest BCUT2D eigenvalue weighted by molar-refractivity contribution is 7.71. The quantitative estimate of drug-likeness (QED) is 0.722. The van der Waals surface area contributed by atoms with Crippen molar-refractivity contribution in [3.63, 3.8) is 0 Å². The van der Waals surface area contributed by atoms with Crippen LogP contribution >= 0.6 is 12.2 Å². The van der Waals surface area contributed by atoms with Gasteiger partial charge in [0.05, 0.1) is 29.2 Å². The summed E-state index contributed by atoms with van der Waals surface area (Å²) in [5.41, 5.74) is 5.17. The fourth-order valence-corrected chi connectivity index (χ4v) is 2.56. The second kappa shape index (κ2) is 4.95. The molecule has 20 heavy (non-hydrogen) atoms. The van der Waals surface area contributed by atoms with Crippen LogP contribution in [0.3, 0.4) is 0 Å². The summed E-state index contributed by atoms with van der Waals surface area (Å²) in [6.45, 7) is 2.77. The summed E-state index contributed by atoms with van der Waals surface area (Å²) < 4.78 is 2.80. The normalized spacial score (nSPS) is 10.6. The molecule has 0 atom stereocenters. The van der Waals surface area contributed by atoms with Crippen molar-refractivity contribution in [3.05, 3.63) is 63.9 Å². The van der Waals surface area contributed by atoms with Crippen molar-refractivity contribution < 1.29 is 0 Å². The van der Waals surface area contributed by atoms with Gasteiger partial charge in [0.1, 0.15) is 0 Å². The minimum atomic E-state index is 0.673. The maximum atomic E-state index is 8.82. The summed E-state index contributed by atoms with van der Waals surface area (Å²) in [5.74, 6) is 0. The Hall–Kier alpha value is -2.38. The van der Waals surface area contributed by atoms with Gasteiger partial charge in [0, 0.05) is 0 Å². The maximum absolute atomic E-state index is 8.82. The molecule has 3 nitrogen and oxygen atoms in total. The van der Waals surface area contributed by atoms with E-state index in [4.69, 9.17) is 17.5 Å². The lowest BCUT2D eigenvalue weighted by Crippen LogP contribution is -1.99. The molecule has 0 spiro atoms. The lowest BCUT2D eigenvalue weighted by molar-refractivity contribution is 0.810. The molecule has 1 heterocycles. The Balaban J connectivity index is 2.05. The van der Waals surface area contributed by atoms with Crippen molar-refractivity contribution in [2.45, 2.75) is 13.5 Å². The average Bonchev–Trinajstić information content (AvgIpc) is 2.76. The molecule has 1 N–H and O–H groups in total. The summed E-state index contributed by atoms with van der Waals surface area (Å²) in [6.07, 6.45) is 0. The van der Waals surface area contributed by atoms with Crippen LogP contribution in [0, 0.1) is 23.0 Å². The first kappa shape index (κ1) is 12.6. The molecule has 2 aromatic carbocycles. The smallest absolute Gasteiger partial charge is 0.178 e. The molecular formula is C16H13N3S. The van der Waals surface area contributed by atoms with E-state index in [1.807, 2.05) is 24.3 Å². The van der Waals surface area contributed by atoms with Crippen LogP contribution in [0.25, 0.3) is 11.0 Å². The molecule has 0 aliphatic heterocycles. The number of fused-ring (bicyclic) bond motifs is 1. The summed E-state index contributed by atoms with van der Waals surface area (Å²) >= 11 is 5.40. The van der Waals surface area contributed by atoms with Gasteiger partial charge in [-0.25, -0.2) is 0 Å². The minimum absolute atomic E-state index is 0.673. The maximum Gasteiger partial charge on any atom is 0.178 e. The molecule has 3 aromatic rings. The van der Waals surface area contributed by atoms with E-state index in [9.17, 15) is 0 Å². The standard InChI is InChI=1S/C16H13N3S/c1-11-2-7-14-15(8-11)19(16(20)18-14)10-13-5-3-12(9-17)4-6-13/h2-8H,10H2,1H3,(H,18,20). The van der Waals surface area contributed by atoms with Crippen LogP contribution in [-0.2, 0) is 6.54 Å². The first-order valence-corrected chi connectivity index (χ1v) is 6.76. The van der Waals surface area contributed by atoms with Crippen molar-refractivity contribution in [1.82, 2.24) is 9.55 Å². The molecule has 1 aromatic heterocycles. The van der Waals surface area contributed by atoms with E-state index in [0.717, 1.165) is 21.4 Å². The molecule has 0 amide bonds. The van der Waals surface area contributed by atoms with Crippen LogP contribution in [0.4, 0.5) is 0 Å². The number of imidazole rings is 1. The van der Waals surface area contributed by atoms with Crippen molar-refractivity contribution >= 4 is 23.3 Å². The second-order valence-corrected chi connectivity index (χ2v) is 5.23. The zero-order valence-corrected chi connectivity index (χ0v) is 11.9. The molecule has 0 unspecified atom stereocenters. The molecule has 0 radical (unpaired) electrons. The van der Waals surface area contributed by atoms with E-state index < -0.39 is 0 Å². The monoisotopic (exact) mass is 279 g/mol. The largest absolute Gasteiger partial charge is 0.331 e. The van der Waals surface area contributed by atoms with Gasteiger partial charge in [-0.1, -0.05) is 18.2 Å². The molecule has 0 fully saturated rings. The SMILES string of the molecule is Cc1ccc2[nH]c(=S)n(Cc3ccc(C#N)cc3)c2c1. The summed E-state index contributed by atoms with van der Waals surface area (Å²) in [5, 5.41) is 8.82. The molecule has 0 saturated heterocycles. The number of nitrogens with zero attached hydrogens (tertiary/aromatic N) is 2. The zero-order valence-electron chi connectivity index (χ0n) is 11.1. The Labute approximate surface area is 122 Å². The van der Waals surface area contributed by atoms with Crippen molar-refractivity contribution in [3.8, 4) is 6.07 Å². The fraction of sp³-hybridized carbons (Fsp3) is 0.125. The van der Waals surface area contributed by atoms with Crippen molar-refractivity contribution in [2.24, 2.45) is 0 Å². The van der Waals surface area contributed by atoms with Gasteiger partial charge < -0.3 is 9.55 Å². The van der Waals surface area contributed by atoms with Crippen LogP contribution < -0.4 is 0 Å². The third kappa shape index (κ3) is 2.24. The number of nitriles is 1. The number of hydrogen-bond donors (Lipinski definition) is 1. The van der Waals surface area contributed by atoms with E-state index in [2.05, 4.69) is 40.7 Å². The van der Waals surface area contributed by atoms with Crippen molar-refractivity contribution in [2.75, 3.05) is 0 Å². The van der Waals surface area contributed by atoms with Gasteiger partial charge in [-0.05, 0) is 54.5 Å². The van der Waals surface area contributed by atoms with Crippen LogP contribution in [-0.4, -0.2) is 9.55 Å². The molecule has 3 rings (SSSR count). The van der Waals surface area contributed by atoms with E-state index in [-0.39, 0.29) is 0 Å². The van der Waals surface area contributed by atoms with Gasteiger partial charge in [-0.15, -0.1) is 0 Å². The topological polar surface area (TPSA) is 44.5 Å². The Morgan fingerprint density at radius 3 is 2.65 bits per heavy atom. The highest BCUT2D eigenvalue weighted by Crippen LogP contribution is 2.17. The van der Waals surface area contributed by atoms with Gasteiger partial charge in [0.25, 0.3) is 0 Å². The third-order valence-electron chi connectivity index (χ3n) is 3.35. The molecule has 98 valence electrons. The van der Waals surface area contributed by atoms with Crippen LogP contribution in [0.2, 0.25) is 0 Å². The first-order chi connectivity index (χ1) is 9.67. The average molecular weight is 279 g/mol. The molecule has 0 aliphatic rings. The lowest BCUT2D eigenvalue weighted by Gasteiger charge is -2.05. The van der Waals surface area contributed by atoms with Crippen LogP contribution in [0.5, 0.6) is 0 Å². The van der Waals surface area contributed by atoms with E-state index in [1.165, 1.54) is 5.56 Å². The second-order valence-electron chi connectivity index (χ2n) is 4.85. The van der Waals surface area contributed by atoms with Gasteiger partial charge in [0.15, 0.2) is 4.77 Å². The van der Waals surface area contributed by atoms with Gasteiger partial charge in [0.2, 0.25) is 0 Å². The van der Waals surface area contributed by atoms with Crippen molar-refractivity contribution in [1.29, 1.82) is 5.26 Å². The number of rotatable bonds is 2. The fourth-order valence-electron chi connectivity index (χ4n) is 2.29. The highest BCUT2D eigenvalue weighted by Gasteiger charge is 2.05. The number of hydrogen-bond acceptors (Lipinski definition) is 2. The van der Waals surface area contributed by atoms with Gasteiger partial charge in [-0.3, -0.25) is 0 Å². The minimum Gasteiger partial charge on any atom is -0.331 e. The molecule has 0 saturated carbocycles. The number of nitrogens with one attached hydrogen (secondary N) is 1. The number of aromatic nitrogens is 2. The lowest BCUT2D eigenvalue weighted by atomic mass is 10.1. The molecule has 0 aliphatic carbocycles. The molecular weight excluding hydrogens is 266 g/mol. The predicted molar refractivity (Wildman–Crippen MR) is 82.1 cm³/mol. The number of aryl methyl sites for hydroxylation is 1. The van der Waals surface area contributed by atoms with E-state index in [0.29, 0.717) is 12.1 Å². The summed E-state index contributed by atoms with van der Waals surface area (Å²) in [7, 11) is 0. The number of aromatic amines is 1. The Morgan fingerprint density at radius 1 is 1.20 bits per heavy atom. The molecule has 4 heteroatoms. The Morgan fingerprint density at radius 2 is 1.95 bits per heavy atom. The predicted octanol–water partition coefficient (Wildman–Crippen LogP) is 3.93. The van der Waals surface area contributed by atoms with Crippen LogP contribution in [0.1, 0.15) is 16.7 Å². The zero-order chi connectivity index (χ0) is 14.1. The third-order valence-corrected chi connectivity index (χ3v) is 3.68. The van der Waals surface area contributed by atoms with Gasteiger partial charge >= 0.3 is 0 Å². The van der Waals surface area contributed by atoms with E-state index in [1.54, 1.807) is 0 Å². The van der Waals surface area contributed by atoms with Gasteiger partial charge in [-0.2, -0.15) is 5.26 Å². The Bertz CT molecular complexity index is 863. The molecule has 0 bridgehead atoms. The number of H-pyrrole nitrogens is 1. The first-order valence-electron chi connectivity index (χ1n) is 6.35. The summed E-state index contributed by atoms with van der Waals surface area (Å²) in [6, 6.07) is 16.0. The number of benzene rings is 2. The van der Waals surface area contributed by atoms with E-state index >= 15 is 0 Å².